The number of fused-ring (bicyclic) bond motifs is 1. The molecule has 0 spiro atoms. The number of ether oxygens (including phenoxy) is 2. The third kappa shape index (κ3) is 7.57. The highest BCUT2D eigenvalue weighted by Gasteiger charge is 2.38. The van der Waals surface area contributed by atoms with E-state index in [9.17, 15) is 22.4 Å². The topological polar surface area (TPSA) is 105 Å². The molecule has 2 aliphatic rings. The summed E-state index contributed by atoms with van der Waals surface area (Å²) in [6, 6.07) is 5.74. The number of carboxylic acids is 2. The Hall–Kier alpha value is -2.56. The summed E-state index contributed by atoms with van der Waals surface area (Å²) in [6.07, 6.45) is -2.83. The van der Waals surface area contributed by atoms with E-state index < -0.39 is 29.7 Å². The van der Waals surface area contributed by atoms with Crippen LogP contribution in [0.15, 0.2) is 18.2 Å². The molecule has 31 heavy (non-hydrogen) atoms. The van der Waals surface area contributed by atoms with Gasteiger partial charge in [-0.25, -0.2) is 9.18 Å². The molecule has 3 rings (SSSR count). The zero-order valence-electron chi connectivity index (χ0n) is 16.7. The van der Waals surface area contributed by atoms with E-state index in [1.165, 1.54) is 0 Å². The molecule has 7 nitrogen and oxygen atoms in total. The van der Waals surface area contributed by atoms with Gasteiger partial charge in [0.2, 0.25) is 0 Å². The van der Waals surface area contributed by atoms with Crippen molar-refractivity contribution in [3.05, 3.63) is 23.8 Å². The lowest BCUT2D eigenvalue weighted by atomic mass is 9.80. The van der Waals surface area contributed by atoms with Gasteiger partial charge in [0.1, 0.15) is 5.67 Å². The molecule has 0 radical (unpaired) electrons. The third-order valence-electron chi connectivity index (χ3n) is 5.08. The van der Waals surface area contributed by atoms with Gasteiger partial charge in [-0.2, -0.15) is 13.2 Å². The number of halogens is 4. The Morgan fingerprint density at radius 1 is 1.13 bits per heavy atom. The summed E-state index contributed by atoms with van der Waals surface area (Å²) in [5.41, 5.74) is -0.369. The molecule has 1 aromatic carbocycles. The van der Waals surface area contributed by atoms with Crippen molar-refractivity contribution < 1.29 is 46.8 Å². The molecule has 0 amide bonds. The van der Waals surface area contributed by atoms with E-state index in [1.54, 1.807) is 0 Å². The number of aliphatic carboxylic acids is 2. The van der Waals surface area contributed by atoms with Gasteiger partial charge in [-0.3, -0.25) is 4.79 Å². The molecule has 1 aromatic rings. The number of hydrogen-bond acceptors (Lipinski definition) is 5. The van der Waals surface area contributed by atoms with Crippen molar-refractivity contribution in [2.45, 2.75) is 50.5 Å². The average molecular weight is 451 g/mol. The van der Waals surface area contributed by atoms with Crippen LogP contribution in [0, 0.1) is 5.92 Å². The Morgan fingerprint density at radius 2 is 1.74 bits per heavy atom. The highest BCUT2D eigenvalue weighted by Crippen LogP contribution is 2.36. The van der Waals surface area contributed by atoms with Crippen LogP contribution in [0.3, 0.4) is 0 Å². The number of para-hydroxylation sites is 1. The third-order valence-corrected chi connectivity index (χ3v) is 5.08. The second kappa shape index (κ2) is 10.7. The molecule has 0 atom stereocenters. The van der Waals surface area contributed by atoms with Crippen molar-refractivity contribution in [3.63, 3.8) is 0 Å². The van der Waals surface area contributed by atoms with Crippen LogP contribution in [0.4, 0.5) is 17.6 Å². The predicted molar refractivity (Wildman–Crippen MR) is 101 cm³/mol. The van der Waals surface area contributed by atoms with Crippen LogP contribution >= 0.6 is 0 Å². The highest BCUT2D eigenvalue weighted by molar-refractivity contribution is 5.73. The van der Waals surface area contributed by atoms with Gasteiger partial charge in [0, 0.05) is 25.1 Å². The highest BCUT2D eigenvalue weighted by atomic mass is 19.4. The molecule has 1 aliphatic carbocycles. The molecule has 1 fully saturated rings. The maximum Gasteiger partial charge on any atom is 0.490 e. The van der Waals surface area contributed by atoms with Crippen molar-refractivity contribution in [3.8, 4) is 11.5 Å². The number of alkyl halides is 4. The van der Waals surface area contributed by atoms with E-state index in [4.69, 9.17) is 24.5 Å². The Bertz CT molecular complexity index is 763. The minimum atomic E-state index is -5.08. The van der Waals surface area contributed by atoms with Gasteiger partial charge in [0.05, 0.1) is 19.1 Å². The van der Waals surface area contributed by atoms with Gasteiger partial charge in [0.15, 0.2) is 11.5 Å². The van der Waals surface area contributed by atoms with E-state index in [1.807, 2.05) is 18.2 Å². The average Bonchev–Trinajstić information content (AvgIpc) is 2.94. The first-order valence-electron chi connectivity index (χ1n) is 9.82. The number of nitrogens with one attached hydrogen (secondary N) is 1. The molecule has 1 aliphatic heterocycles. The Balaban J connectivity index is 0.000000423. The molecule has 1 heterocycles. The van der Waals surface area contributed by atoms with Crippen LogP contribution in [0.25, 0.3) is 0 Å². The van der Waals surface area contributed by atoms with Gasteiger partial charge >= 0.3 is 18.1 Å². The molecule has 0 unspecified atom stereocenters. The summed E-state index contributed by atoms with van der Waals surface area (Å²) >= 11 is 0. The van der Waals surface area contributed by atoms with Crippen LogP contribution in [0.5, 0.6) is 11.5 Å². The van der Waals surface area contributed by atoms with Crippen LogP contribution in [-0.4, -0.2) is 53.8 Å². The first-order valence-corrected chi connectivity index (χ1v) is 9.82. The fraction of sp³-hybridized carbons (Fsp3) is 0.600. The van der Waals surface area contributed by atoms with Crippen LogP contribution in [-0.2, 0) is 16.1 Å². The molecule has 0 aromatic heterocycles. The zero-order chi connectivity index (χ0) is 23.1. The zero-order valence-corrected chi connectivity index (χ0v) is 16.7. The fourth-order valence-electron chi connectivity index (χ4n) is 3.37. The van der Waals surface area contributed by atoms with Gasteiger partial charge in [0.25, 0.3) is 0 Å². The van der Waals surface area contributed by atoms with Gasteiger partial charge in [-0.1, -0.05) is 12.1 Å². The van der Waals surface area contributed by atoms with E-state index in [2.05, 4.69) is 5.32 Å². The van der Waals surface area contributed by atoms with E-state index in [0.717, 1.165) is 23.5 Å². The molecule has 0 saturated heterocycles. The quantitative estimate of drug-likeness (QED) is 0.588. The van der Waals surface area contributed by atoms with E-state index in [0.29, 0.717) is 45.4 Å². The van der Waals surface area contributed by atoms with E-state index >= 15 is 0 Å². The summed E-state index contributed by atoms with van der Waals surface area (Å²) < 4.78 is 58.0. The molecule has 3 N–H and O–H groups in total. The van der Waals surface area contributed by atoms with Crippen molar-refractivity contribution in [1.29, 1.82) is 0 Å². The van der Waals surface area contributed by atoms with Crippen molar-refractivity contribution >= 4 is 11.9 Å². The molecular formula is C20H25F4NO6. The van der Waals surface area contributed by atoms with Crippen LogP contribution in [0.1, 0.15) is 37.7 Å². The van der Waals surface area contributed by atoms with Gasteiger partial charge in [-0.05, 0) is 31.7 Å². The predicted octanol–water partition coefficient (Wildman–Crippen LogP) is 3.55. The second-order valence-corrected chi connectivity index (χ2v) is 7.46. The molecular weight excluding hydrogens is 426 g/mol. The minimum absolute atomic E-state index is 0.226. The monoisotopic (exact) mass is 451 g/mol. The van der Waals surface area contributed by atoms with Crippen LogP contribution in [0.2, 0.25) is 0 Å². The van der Waals surface area contributed by atoms with Crippen molar-refractivity contribution in [1.82, 2.24) is 5.32 Å². The SMILES string of the molecule is O=C(O)C(F)(F)F.O=C(O)C1CCC(F)(CNCc2cccc3c2OCCCO3)CC1. The summed E-state index contributed by atoms with van der Waals surface area (Å²) in [7, 11) is 0. The Kier molecular flexibility index (Phi) is 8.49. The number of carbonyl (C=O) groups is 2. The van der Waals surface area contributed by atoms with Gasteiger partial charge < -0.3 is 25.0 Å². The lowest BCUT2D eigenvalue weighted by molar-refractivity contribution is -0.192. The smallest absolute Gasteiger partial charge is 0.490 e. The largest absolute Gasteiger partial charge is 0.490 e. The normalized spacial score (nSPS) is 23.2. The second-order valence-electron chi connectivity index (χ2n) is 7.46. The first kappa shape index (κ1) is 24.7. The molecule has 174 valence electrons. The van der Waals surface area contributed by atoms with E-state index in [-0.39, 0.29) is 6.54 Å². The molecule has 11 heteroatoms. The Morgan fingerprint density at radius 3 is 2.32 bits per heavy atom. The lowest BCUT2D eigenvalue weighted by Crippen LogP contribution is -2.40. The Labute approximate surface area is 176 Å². The van der Waals surface area contributed by atoms with Crippen molar-refractivity contribution in [2.75, 3.05) is 19.8 Å². The fourth-order valence-corrected chi connectivity index (χ4v) is 3.37. The summed E-state index contributed by atoms with van der Waals surface area (Å²) in [5, 5.41) is 19.3. The number of benzene rings is 1. The summed E-state index contributed by atoms with van der Waals surface area (Å²) in [4.78, 5) is 19.9. The molecule has 0 bridgehead atoms. The maximum absolute atomic E-state index is 14.8. The standard InChI is InChI=1S/C18H24FNO4.C2HF3O2/c19-18(7-5-13(6-8-18)17(21)22)12-20-11-14-3-1-4-15-16(14)24-10-2-9-23-15;3-2(4,5)1(6)7/h1,3-4,13,20H,2,5-12H2,(H,21,22);(H,6,7). The maximum atomic E-state index is 14.8. The first-order chi connectivity index (χ1) is 14.5. The minimum Gasteiger partial charge on any atom is -0.490 e. The van der Waals surface area contributed by atoms with Crippen LogP contribution < -0.4 is 14.8 Å². The summed E-state index contributed by atoms with van der Waals surface area (Å²) in [6.45, 7) is 1.99. The van der Waals surface area contributed by atoms with Gasteiger partial charge in [-0.15, -0.1) is 0 Å². The molecule has 1 saturated carbocycles. The number of hydrogen-bond donors (Lipinski definition) is 3. The number of carboxylic acid groups (broad SMARTS) is 2. The number of rotatable bonds is 5. The lowest BCUT2D eigenvalue weighted by Gasteiger charge is -2.32. The van der Waals surface area contributed by atoms with Crippen molar-refractivity contribution in [2.24, 2.45) is 5.92 Å². The summed E-state index contributed by atoms with van der Waals surface area (Å²) in [5.74, 6) is -2.49.